The molecule has 0 atom stereocenters. The largest absolute Gasteiger partial charge is 0.298 e. The number of carbonyl (C=O) groups excluding carboxylic acids is 3. The maximum atomic E-state index is 12.6. The third-order valence-corrected chi connectivity index (χ3v) is 3.43. The molecule has 0 amide bonds. The van der Waals surface area contributed by atoms with E-state index in [4.69, 9.17) is 0 Å². The lowest BCUT2D eigenvalue weighted by Crippen LogP contribution is -2.35. The van der Waals surface area contributed by atoms with Crippen LogP contribution in [0, 0.1) is 16.0 Å². The van der Waals surface area contributed by atoms with Crippen LogP contribution in [0.15, 0.2) is 18.2 Å². The van der Waals surface area contributed by atoms with Crippen molar-refractivity contribution in [2.45, 2.75) is 25.9 Å². The first kappa shape index (κ1) is 15.0. The van der Waals surface area contributed by atoms with Crippen LogP contribution in [0.1, 0.15) is 35.2 Å². The summed E-state index contributed by atoms with van der Waals surface area (Å²) in [6.07, 6.45) is 0.612. The number of carbonyl (C=O) groups is 3. The van der Waals surface area contributed by atoms with Crippen molar-refractivity contribution in [1.29, 1.82) is 0 Å². The van der Waals surface area contributed by atoms with Gasteiger partial charge in [-0.1, -0.05) is 6.07 Å². The molecule has 1 fully saturated rings. The molecule has 0 bridgehead atoms. The number of hydrogen-bond donors (Lipinski definition) is 0. The molecule has 1 aromatic rings. The van der Waals surface area contributed by atoms with Gasteiger partial charge in [0.05, 0.1) is 10.5 Å². The average Bonchev–Trinajstić information content (AvgIpc) is 2.46. The molecule has 7 heteroatoms. The number of benzene rings is 1. The molecule has 21 heavy (non-hydrogen) atoms. The number of nitro benzene ring substituents is 1. The monoisotopic (exact) mass is 293 g/mol. The summed E-state index contributed by atoms with van der Waals surface area (Å²) >= 11 is 0. The van der Waals surface area contributed by atoms with Gasteiger partial charge in [0.2, 0.25) is 0 Å². The Bertz CT molecular complexity index is 624. The molecule has 1 aromatic carbocycles. The molecule has 1 aliphatic rings. The highest BCUT2D eigenvalue weighted by Crippen LogP contribution is 2.27. The van der Waals surface area contributed by atoms with Gasteiger partial charge in [-0.2, -0.15) is 0 Å². The van der Waals surface area contributed by atoms with Crippen LogP contribution in [0.4, 0.5) is 10.1 Å². The minimum Gasteiger partial charge on any atom is -0.298 e. The Morgan fingerprint density at radius 1 is 1.29 bits per heavy atom. The second kappa shape index (κ2) is 5.90. The number of Topliss-reactive ketones (excluding diaryl/α,β-unsaturated/α-hetero) is 3. The van der Waals surface area contributed by atoms with Gasteiger partial charge in [0, 0.05) is 18.9 Å². The summed E-state index contributed by atoms with van der Waals surface area (Å²) in [5, 5.41) is 11.0. The number of ketones is 3. The van der Waals surface area contributed by atoms with Crippen molar-refractivity contribution in [1.82, 2.24) is 0 Å². The van der Waals surface area contributed by atoms with Gasteiger partial charge in [0.1, 0.15) is 12.6 Å². The predicted molar refractivity (Wildman–Crippen MR) is 69.6 cm³/mol. The van der Waals surface area contributed by atoms with E-state index in [2.05, 4.69) is 0 Å². The summed E-state index contributed by atoms with van der Waals surface area (Å²) in [7, 11) is 0. The van der Waals surface area contributed by atoms with E-state index in [0.717, 1.165) is 12.1 Å². The van der Waals surface area contributed by atoms with Crippen LogP contribution >= 0.6 is 0 Å². The summed E-state index contributed by atoms with van der Waals surface area (Å²) in [6.45, 7) is -0.906. The van der Waals surface area contributed by atoms with Crippen molar-refractivity contribution in [2.75, 3.05) is 0 Å². The fraction of sp³-hybridized carbons (Fsp3) is 0.357. The molecule has 6 nitrogen and oxygen atoms in total. The van der Waals surface area contributed by atoms with Gasteiger partial charge in [-0.05, 0) is 18.1 Å². The van der Waals surface area contributed by atoms with E-state index in [-0.39, 0.29) is 24.0 Å². The van der Waals surface area contributed by atoms with Crippen molar-refractivity contribution in [3.8, 4) is 0 Å². The van der Waals surface area contributed by atoms with Crippen molar-refractivity contribution < 1.29 is 23.7 Å². The summed E-state index contributed by atoms with van der Waals surface area (Å²) in [5.41, 5.74) is -0.855. The fourth-order valence-electron chi connectivity index (χ4n) is 2.37. The van der Waals surface area contributed by atoms with E-state index in [1.165, 1.54) is 6.07 Å². The maximum absolute atomic E-state index is 12.6. The molecular formula is C14H12FNO5. The predicted octanol–water partition coefficient (Wildman–Crippen LogP) is 2.19. The zero-order chi connectivity index (χ0) is 15.6. The third-order valence-electron chi connectivity index (χ3n) is 3.43. The van der Waals surface area contributed by atoms with E-state index in [0.29, 0.717) is 6.42 Å². The van der Waals surface area contributed by atoms with Gasteiger partial charge in [-0.25, -0.2) is 4.39 Å². The highest BCUT2D eigenvalue weighted by molar-refractivity contribution is 6.25. The Labute approximate surface area is 119 Å². The van der Waals surface area contributed by atoms with Gasteiger partial charge >= 0.3 is 0 Å². The molecule has 0 aliphatic heterocycles. The molecule has 1 aliphatic carbocycles. The molecule has 1 saturated carbocycles. The Balaban J connectivity index is 2.45. The number of rotatable bonds is 4. The highest BCUT2D eigenvalue weighted by atomic mass is 19.1. The molecule has 0 heterocycles. The van der Waals surface area contributed by atoms with E-state index in [9.17, 15) is 28.9 Å². The molecule has 0 unspecified atom stereocenters. The lowest BCUT2D eigenvalue weighted by atomic mass is 9.81. The van der Waals surface area contributed by atoms with Crippen molar-refractivity contribution >= 4 is 23.0 Å². The lowest BCUT2D eigenvalue weighted by molar-refractivity contribution is -0.385. The first-order valence-electron chi connectivity index (χ1n) is 6.38. The Morgan fingerprint density at radius 3 is 2.43 bits per heavy atom. The number of nitro groups is 1. The number of nitrogens with zero attached hydrogens (tertiary/aromatic N) is 1. The lowest BCUT2D eigenvalue weighted by Gasteiger charge is -2.18. The molecule has 110 valence electrons. The summed E-state index contributed by atoms with van der Waals surface area (Å²) < 4.78 is 12.6. The van der Waals surface area contributed by atoms with Gasteiger partial charge in [-0.15, -0.1) is 0 Å². The quantitative estimate of drug-likeness (QED) is 0.367. The van der Waals surface area contributed by atoms with Crippen LogP contribution in [0.5, 0.6) is 0 Å². The van der Waals surface area contributed by atoms with E-state index >= 15 is 0 Å². The van der Waals surface area contributed by atoms with Crippen LogP contribution in [0.2, 0.25) is 0 Å². The molecular weight excluding hydrogens is 281 g/mol. The molecule has 0 radical (unpaired) electrons. The summed E-state index contributed by atoms with van der Waals surface area (Å²) in [4.78, 5) is 46.0. The third kappa shape index (κ3) is 2.86. The average molecular weight is 293 g/mol. The smallest absolute Gasteiger partial charge is 0.280 e. The zero-order valence-electron chi connectivity index (χ0n) is 11.0. The van der Waals surface area contributed by atoms with Crippen LogP contribution in [-0.4, -0.2) is 22.3 Å². The topological polar surface area (TPSA) is 94.3 Å². The van der Waals surface area contributed by atoms with E-state index in [1.54, 1.807) is 0 Å². The number of halogens is 1. The maximum Gasteiger partial charge on any atom is 0.280 e. The van der Waals surface area contributed by atoms with Crippen LogP contribution in [0.3, 0.4) is 0 Å². The van der Waals surface area contributed by atoms with Gasteiger partial charge in [0.15, 0.2) is 17.3 Å². The minimum atomic E-state index is -1.46. The number of alkyl halides is 1. The number of hydrogen-bond acceptors (Lipinski definition) is 5. The zero-order valence-corrected chi connectivity index (χ0v) is 11.0. The van der Waals surface area contributed by atoms with Crippen LogP contribution in [0.25, 0.3) is 0 Å². The summed E-state index contributed by atoms with van der Waals surface area (Å²) in [6, 6.07) is 3.29. The van der Waals surface area contributed by atoms with Crippen molar-refractivity contribution in [3.63, 3.8) is 0 Å². The summed E-state index contributed by atoms with van der Waals surface area (Å²) in [5.74, 6) is -3.37. The van der Waals surface area contributed by atoms with Crippen molar-refractivity contribution in [3.05, 3.63) is 39.4 Å². The van der Waals surface area contributed by atoms with E-state index < -0.39 is 40.6 Å². The normalized spacial score (nSPS) is 16.0. The molecule has 0 aromatic heterocycles. The standard InChI is InChI=1S/C14H12FNO5/c15-7-8-4-5-9(10(6-8)16(20)21)14(19)13-11(17)2-1-3-12(13)18/h4-6,13H,1-3,7H2. The fourth-order valence-corrected chi connectivity index (χ4v) is 2.37. The molecule has 0 saturated heterocycles. The minimum absolute atomic E-state index is 0.0551. The van der Waals surface area contributed by atoms with Gasteiger partial charge < -0.3 is 0 Å². The molecule has 0 N–H and O–H groups in total. The van der Waals surface area contributed by atoms with Gasteiger partial charge in [0.25, 0.3) is 5.69 Å². The Kier molecular flexibility index (Phi) is 4.21. The second-order valence-electron chi connectivity index (χ2n) is 4.83. The van der Waals surface area contributed by atoms with Gasteiger partial charge in [-0.3, -0.25) is 24.5 Å². The molecule has 2 rings (SSSR count). The van der Waals surface area contributed by atoms with E-state index in [1.807, 2.05) is 0 Å². The second-order valence-corrected chi connectivity index (χ2v) is 4.83. The van der Waals surface area contributed by atoms with Crippen molar-refractivity contribution in [2.24, 2.45) is 5.92 Å². The Hall–Kier alpha value is -2.44. The SMILES string of the molecule is O=C1CCCC(=O)C1C(=O)c1ccc(CF)cc1[N+](=O)[O-]. The molecule has 0 spiro atoms. The van der Waals surface area contributed by atoms with Crippen LogP contribution in [-0.2, 0) is 16.3 Å². The van der Waals surface area contributed by atoms with Crippen LogP contribution < -0.4 is 0 Å². The Morgan fingerprint density at radius 2 is 1.90 bits per heavy atom. The highest BCUT2D eigenvalue weighted by Gasteiger charge is 2.38. The first-order chi connectivity index (χ1) is 9.95. The first-order valence-corrected chi connectivity index (χ1v) is 6.38.